The fourth-order valence-electron chi connectivity index (χ4n) is 3.88. The first-order valence-electron chi connectivity index (χ1n) is 8.78. The number of rotatable bonds is 3. The van der Waals surface area contributed by atoms with E-state index < -0.39 is 10.0 Å². The Hall–Kier alpha value is -1.60. The summed E-state index contributed by atoms with van der Waals surface area (Å²) in [6.07, 6.45) is 3.92. The molecule has 7 heteroatoms. The standard InChI is InChI=1S/C18H26N2O4S/c1-14-3-4-15(24-2)16(13-14)25(22,23)20-11-8-18(9-12-20)6-5-17(21)19-10-7-18/h3-4,13H,5-12H2,1-2H3,(H,19,21). The van der Waals surface area contributed by atoms with Gasteiger partial charge in [-0.25, -0.2) is 8.42 Å². The molecule has 1 spiro atoms. The molecular formula is C18H26N2O4S. The van der Waals surface area contributed by atoms with Gasteiger partial charge < -0.3 is 10.1 Å². The average molecular weight is 366 g/mol. The van der Waals surface area contributed by atoms with Crippen LogP contribution in [0.5, 0.6) is 5.75 Å². The normalized spacial score (nSPS) is 21.6. The van der Waals surface area contributed by atoms with E-state index in [1.54, 1.807) is 16.4 Å². The Morgan fingerprint density at radius 1 is 1.16 bits per heavy atom. The summed E-state index contributed by atoms with van der Waals surface area (Å²) in [5.41, 5.74) is 0.975. The van der Waals surface area contributed by atoms with Crippen molar-refractivity contribution in [2.45, 2.75) is 43.9 Å². The van der Waals surface area contributed by atoms with Crippen LogP contribution in [0.25, 0.3) is 0 Å². The van der Waals surface area contributed by atoms with Crippen LogP contribution < -0.4 is 10.1 Å². The van der Waals surface area contributed by atoms with Gasteiger partial charge in [-0.15, -0.1) is 0 Å². The molecule has 2 heterocycles. The lowest BCUT2D eigenvalue weighted by Gasteiger charge is -2.40. The number of sulfonamides is 1. The number of piperidine rings is 1. The lowest BCUT2D eigenvalue weighted by atomic mass is 9.73. The van der Waals surface area contributed by atoms with Crippen LogP contribution in [0.1, 0.15) is 37.7 Å². The molecule has 1 amide bonds. The molecule has 25 heavy (non-hydrogen) atoms. The summed E-state index contributed by atoms with van der Waals surface area (Å²) in [4.78, 5) is 11.8. The molecule has 0 bridgehead atoms. The van der Waals surface area contributed by atoms with E-state index in [0.717, 1.165) is 31.2 Å². The van der Waals surface area contributed by atoms with Crippen molar-refractivity contribution in [1.82, 2.24) is 9.62 Å². The van der Waals surface area contributed by atoms with Crippen molar-refractivity contribution in [3.63, 3.8) is 0 Å². The Kier molecular flexibility index (Phi) is 5.06. The first kappa shape index (κ1) is 18.2. The fraction of sp³-hybridized carbons (Fsp3) is 0.611. The van der Waals surface area contributed by atoms with E-state index in [1.807, 2.05) is 13.0 Å². The van der Waals surface area contributed by atoms with Crippen LogP contribution in [0, 0.1) is 12.3 Å². The Bertz CT molecular complexity index is 752. The van der Waals surface area contributed by atoms with E-state index in [-0.39, 0.29) is 16.2 Å². The van der Waals surface area contributed by atoms with Gasteiger partial charge in [-0.1, -0.05) is 6.07 Å². The first-order chi connectivity index (χ1) is 11.9. The molecule has 2 fully saturated rings. The molecule has 138 valence electrons. The largest absolute Gasteiger partial charge is 0.495 e. The highest BCUT2D eigenvalue weighted by Crippen LogP contribution is 2.42. The van der Waals surface area contributed by atoms with Crippen LogP contribution in [0.2, 0.25) is 0 Å². The zero-order valence-corrected chi connectivity index (χ0v) is 15.7. The molecule has 2 aliphatic heterocycles. The minimum atomic E-state index is -3.58. The fourth-order valence-corrected chi connectivity index (χ4v) is 5.57. The van der Waals surface area contributed by atoms with Gasteiger partial charge in [-0.2, -0.15) is 4.31 Å². The van der Waals surface area contributed by atoms with Gasteiger partial charge in [0.2, 0.25) is 15.9 Å². The van der Waals surface area contributed by atoms with Crippen LogP contribution in [0.3, 0.4) is 0 Å². The second-order valence-electron chi connectivity index (χ2n) is 7.16. The maximum atomic E-state index is 13.1. The van der Waals surface area contributed by atoms with E-state index >= 15 is 0 Å². The Morgan fingerprint density at radius 2 is 1.88 bits per heavy atom. The van der Waals surface area contributed by atoms with Crippen molar-refractivity contribution in [1.29, 1.82) is 0 Å². The highest BCUT2D eigenvalue weighted by atomic mass is 32.2. The number of nitrogens with zero attached hydrogens (tertiary/aromatic N) is 1. The minimum absolute atomic E-state index is 0.0852. The number of hydrogen-bond acceptors (Lipinski definition) is 4. The van der Waals surface area contributed by atoms with E-state index in [0.29, 0.717) is 31.8 Å². The van der Waals surface area contributed by atoms with Gasteiger partial charge in [-0.3, -0.25) is 4.79 Å². The van der Waals surface area contributed by atoms with E-state index in [9.17, 15) is 13.2 Å². The number of nitrogens with one attached hydrogen (secondary N) is 1. The first-order valence-corrected chi connectivity index (χ1v) is 10.2. The van der Waals surface area contributed by atoms with Crippen molar-refractivity contribution in [3.05, 3.63) is 23.8 Å². The monoisotopic (exact) mass is 366 g/mol. The summed E-state index contributed by atoms with van der Waals surface area (Å²) in [5.74, 6) is 0.492. The molecule has 6 nitrogen and oxygen atoms in total. The van der Waals surface area contributed by atoms with Gasteiger partial charge in [0.1, 0.15) is 10.6 Å². The Balaban J connectivity index is 1.78. The van der Waals surface area contributed by atoms with Crippen molar-refractivity contribution in [3.8, 4) is 5.75 Å². The molecule has 0 aliphatic carbocycles. The van der Waals surface area contributed by atoms with Gasteiger partial charge in [0, 0.05) is 26.1 Å². The molecule has 0 aromatic heterocycles. The minimum Gasteiger partial charge on any atom is -0.495 e. The molecule has 2 saturated heterocycles. The number of benzene rings is 1. The third kappa shape index (κ3) is 3.67. The number of aryl methyl sites for hydroxylation is 1. The van der Waals surface area contributed by atoms with Crippen molar-refractivity contribution in [2.24, 2.45) is 5.41 Å². The highest BCUT2D eigenvalue weighted by molar-refractivity contribution is 7.89. The molecule has 1 N–H and O–H groups in total. The smallest absolute Gasteiger partial charge is 0.246 e. The quantitative estimate of drug-likeness (QED) is 0.889. The Labute approximate surface area is 149 Å². The van der Waals surface area contributed by atoms with Crippen LogP contribution in [-0.2, 0) is 14.8 Å². The van der Waals surface area contributed by atoms with Gasteiger partial charge in [0.15, 0.2) is 0 Å². The summed E-state index contributed by atoms with van der Waals surface area (Å²) in [6.45, 7) is 3.55. The summed E-state index contributed by atoms with van der Waals surface area (Å²) >= 11 is 0. The van der Waals surface area contributed by atoms with Crippen molar-refractivity contribution < 1.29 is 17.9 Å². The van der Waals surface area contributed by atoms with Crippen molar-refractivity contribution in [2.75, 3.05) is 26.7 Å². The second kappa shape index (κ2) is 6.96. The van der Waals surface area contributed by atoms with Crippen LogP contribution in [0.4, 0.5) is 0 Å². The molecule has 0 atom stereocenters. The highest BCUT2D eigenvalue weighted by Gasteiger charge is 2.40. The number of methoxy groups -OCH3 is 1. The third-order valence-corrected chi connectivity index (χ3v) is 7.50. The Morgan fingerprint density at radius 3 is 2.56 bits per heavy atom. The number of hydrogen-bond donors (Lipinski definition) is 1. The lowest BCUT2D eigenvalue weighted by molar-refractivity contribution is -0.120. The number of ether oxygens (including phenoxy) is 1. The predicted molar refractivity (Wildman–Crippen MR) is 95.0 cm³/mol. The lowest BCUT2D eigenvalue weighted by Crippen LogP contribution is -2.43. The molecule has 0 unspecified atom stereocenters. The predicted octanol–water partition coefficient (Wildman–Crippen LogP) is 2.07. The average Bonchev–Trinajstić information content (AvgIpc) is 2.77. The number of carbonyl (C=O) groups is 1. The zero-order valence-electron chi connectivity index (χ0n) is 14.9. The summed E-state index contributed by atoms with van der Waals surface area (Å²) in [5, 5.41) is 2.92. The molecular weight excluding hydrogens is 340 g/mol. The van der Waals surface area contributed by atoms with Crippen LogP contribution >= 0.6 is 0 Å². The number of amides is 1. The molecule has 1 aromatic carbocycles. The molecule has 3 rings (SSSR count). The molecule has 0 saturated carbocycles. The summed E-state index contributed by atoms with van der Waals surface area (Å²) < 4.78 is 33.0. The van der Waals surface area contributed by atoms with E-state index in [4.69, 9.17) is 4.74 Å². The van der Waals surface area contributed by atoms with E-state index in [1.165, 1.54) is 7.11 Å². The van der Waals surface area contributed by atoms with Gasteiger partial charge in [-0.05, 0) is 55.7 Å². The SMILES string of the molecule is COc1ccc(C)cc1S(=O)(=O)N1CCC2(CCNC(=O)CC2)CC1. The van der Waals surface area contributed by atoms with E-state index in [2.05, 4.69) is 5.32 Å². The van der Waals surface area contributed by atoms with Gasteiger partial charge in [0.05, 0.1) is 7.11 Å². The summed E-state index contributed by atoms with van der Waals surface area (Å²) in [7, 11) is -2.09. The van der Waals surface area contributed by atoms with Crippen molar-refractivity contribution >= 4 is 15.9 Å². The van der Waals surface area contributed by atoms with Gasteiger partial charge >= 0.3 is 0 Å². The number of carbonyl (C=O) groups excluding carboxylic acids is 1. The third-order valence-electron chi connectivity index (χ3n) is 5.58. The maximum Gasteiger partial charge on any atom is 0.246 e. The summed E-state index contributed by atoms with van der Waals surface area (Å²) in [6, 6.07) is 5.22. The molecule has 2 aliphatic rings. The second-order valence-corrected chi connectivity index (χ2v) is 9.06. The molecule has 1 aromatic rings. The topological polar surface area (TPSA) is 75.7 Å². The maximum absolute atomic E-state index is 13.1. The van der Waals surface area contributed by atoms with Crippen LogP contribution in [-0.4, -0.2) is 45.4 Å². The van der Waals surface area contributed by atoms with Gasteiger partial charge in [0.25, 0.3) is 0 Å². The van der Waals surface area contributed by atoms with Crippen LogP contribution in [0.15, 0.2) is 23.1 Å². The zero-order chi connectivity index (χ0) is 18.1. The molecule has 0 radical (unpaired) electrons.